The molecule has 0 aromatic heterocycles. The molecule has 0 radical (unpaired) electrons. The summed E-state index contributed by atoms with van der Waals surface area (Å²) in [4.78, 5) is 23.7. The number of carbonyl (C=O) groups excluding carboxylic acids is 2. The van der Waals surface area contributed by atoms with Gasteiger partial charge in [-0.3, -0.25) is 9.59 Å². The fraction of sp³-hybridized carbons (Fsp3) is 0.125. The Morgan fingerprint density at radius 1 is 1.05 bits per heavy atom. The first-order valence-electron chi connectivity index (χ1n) is 6.41. The summed E-state index contributed by atoms with van der Waals surface area (Å²) in [6.07, 6.45) is 0. The molecule has 5 heteroatoms. The summed E-state index contributed by atoms with van der Waals surface area (Å²) in [6.45, 7) is 0. The van der Waals surface area contributed by atoms with Crippen molar-refractivity contribution < 1.29 is 14.3 Å². The number of hydrogen-bond donors (Lipinski definition) is 2. The van der Waals surface area contributed by atoms with Gasteiger partial charge in [-0.05, 0) is 29.8 Å². The van der Waals surface area contributed by atoms with E-state index in [0.717, 1.165) is 0 Å². The van der Waals surface area contributed by atoms with Gasteiger partial charge in [-0.1, -0.05) is 30.3 Å². The molecular weight excluding hydrogens is 268 g/mol. The van der Waals surface area contributed by atoms with E-state index >= 15 is 0 Å². The van der Waals surface area contributed by atoms with Crippen molar-refractivity contribution in [1.29, 1.82) is 0 Å². The Bertz CT molecular complexity index is 624. The zero-order valence-corrected chi connectivity index (χ0v) is 11.6. The second kappa shape index (κ2) is 6.56. The van der Waals surface area contributed by atoms with Crippen LogP contribution in [-0.2, 0) is 4.79 Å². The van der Waals surface area contributed by atoms with Crippen LogP contribution >= 0.6 is 0 Å². The highest BCUT2D eigenvalue weighted by atomic mass is 16.5. The van der Waals surface area contributed by atoms with Crippen molar-refractivity contribution >= 4 is 11.8 Å². The minimum atomic E-state index is -0.860. The number of nitrogens with two attached hydrogens (primary N) is 1. The Morgan fingerprint density at radius 2 is 1.67 bits per heavy atom. The maximum atomic E-state index is 12.2. The van der Waals surface area contributed by atoms with Crippen molar-refractivity contribution in [3.05, 3.63) is 65.7 Å². The Hall–Kier alpha value is -2.82. The van der Waals surface area contributed by atoms with Crippen molar-refractivity contribution in [3.8, 4) is 5.75 Å². The van der Waals surface area contributed by atoms with Crippen molar-refractivity contribution in [2.45, 2.75) is 6.04 Å². The minimum absolute atomic E-state index is 0.370. The number of hydrogen-bond acceptors (Lipinski definition) is 3. The van der Waals surface area contributed by atoms with Crippen molar-refractivity contribution in [2.75, 3.05) is 7.11 Å². The summed E-state index contributed by atoms with van der Waals surface area (Å²) < 4.78 is 5.03. The number of nitrogens with one attached hydrogen (secondary N) is 1. The molecule has 0 bridgehead atoms. The molecule has 1 atom stereocenters. The molecular formula is C16H16N2O3. The SMILES string of the molecule is COc1ccc(C(=O)NC(C(N)=O)c2ccccc2)cc1. The average Bonchev–Trinajstić information content (AvgIpc) is 2.53. The molecule has 3 N–H and O–H groups in total. The molecule has 0 aliphatic carbocycles. The van der Waals surface area contributed by atoms with Gasteiger partial charge in [-0.2, -0.15) is 0 Å². The standard InChI is InChI=1S/C16H16N2O3/c1-21-13-9-7-12(8-10-13)16(20)18-14(15(17)19)11-5-3-2-4-6-11/h2-10,14H,1H3,(H2,17,19)(H,18,20). The highest BCUT2D eigenvalue weighted by Crippen LogP contribution is 2.15. The Labute approximate surface area is 122 Å². The monoisotopic (exact) mass is 284 g/mol. The van der Waals surface area contributed by atoms with Crippen LogP contribution in [0.5, 0.6) is 5.75 Å². The molecule has 2 aromatic rings. The lowest BCUT2D eigenvalue weighted by molar-refractivity contribution is -0.120. The maximum absolute atomic E-state index is 12.2. The summed E-state index contributed by atoms with van der Waals surface area (Å²) >= 11 is 0. The highest BCUT2D eigenvalue weighted by molar-refractivity contribution is 5.97. The summed E-state index contributed by atoms with van der Waals surface area (Å²) in [5.41, 5.74) is 6.44. The Morgan fingerprint density at radius 3 is 2.19 bits per heavy atom. The number of carbonyl (C=O) groups is 2. The molecule has 0 aliphatic rings. The molecule has 1 unspecified atom stereocenters. The van der Waals surface area contributed by atoms with E-state index in [2.05, 4.69) is 5.32 Å². The van der Waals surface area contributed by atoms with Crippen molar-refractivity contribution in [3.63, 3.8) is 0 Å². The van der Waals surface area contributed by atoms with Crippen LogP contribution < -0.4 is 15.8 Å². The molecule has 108 valence electrons. The van der Waals surface area contributed by atoms with E-state index in [9.17, 15) is 9.59 Å². The van der Waals surface area contributed by atoms with Gasteiger partial charge in [0.2, 0.25) is 5.91 Å². The normalized spacial score (nSPS) is 11.5. The quantitative estimate of drug-likeness (QED) is 0.876. The molecule has 0 saturated carbocycles. The van der Waals surface area contributed by atoms with Gasteiger partial charge in [-0.25, -0.2) is 0 Å². The van der Waals surface area contributed by atoms with Crippen LogP contribution in [0.25, 0.3) is 0 Å². The lowest BCUT2D eigenvalue weighted by Gasteiger charge is -2.16. The molecule has 21 heavy (non-hydrogen) atoms. The van der Waals surface area contributed by atoms with Crippen LogP contribution in [-0.4, -0.2) is 18.9 Å². The zero-order valence-electron chi connectivity index (χ0n) is 11.6. The third-order valence-corrected chi connectivity index (χ3v) is 3.05. The number of rotatable bonds is 5. The third-order valence-electron chi connectivity index (χ3n) is 3.05. The highest BCUT2D eigenvalue weighted by Gasteiger charge is 2.20. The van der Waals surface area contributed by atoms with Gasteiger partial charge in [0.05, 0.1) is 7.11 Å². The Kier molecular flexibility index (Phi) is 4.56. The van der Waals surface area contributed by atoms with E-state index in [1.165, 1.54) is 0 Å². The largest absolute Gasteiger partial charge is 0.497 e. The number of primary amides is 1. The fourth-order valence-electron chi connectivity index (χ4n) is 1.92. The van der Waals surface area contributed by atoms with E-state index in [-0.39, 0.29) is 5.91 Å². The van der Waals surface area contributed by atoms with Gasteiger partial charge in [0.1, 0.15) is 11.8 Å². The summed E-state index contributed by atoms with van der Waals surface area (Å²) in [6, 6.07) is 14.6. The Balaban J connectivity index is 2.16. The predicted octanol–water partition coefficient (Wildman–Crippen LogP) is 1.65. The lowest BCUT2D eigenvalue weighted by atomic mass is 10.1. The molecule has 5 nitrogen and oxygen atoms in total. The third kappa shape index (κ3) is 3.60. The van der Waals surface area contributed by atoms with E-state index in [4.69, 9.17) is 10.5 Å². The number of benzene rings is 2. The fourth-order valence-corrected chi connectivity index (χ4v) is 1.92. The number of amides is 2. The van der Waals surface area contributed by atoms with Gasteiger partial charge >= 0.3 is 0 Å². The topological polar surface area (TPSA) is 81.4 Å². The zero-order chi connectivity index (χ0) is 15.2. The summed E-state index contributed by atoms with van der Waals surface area (Å²) in [5, 5.41) is 2.63. The summed E-state index contributed by atoms with van der Waals surface area (Å²) in [7, 11) is 1.55. The van der Waals surface area contributed by atoms with Crippen LogP contribution in [0, 0.1) is 0 Å². The van der Waals surface area contributed by atoms with Gasteiger partial charge in [0, 0.05) is 5.56 Å². The number of ether oxygens (including phenoxy) is 1. The second-order valence-electron chi connectivity index (χ2n) is 4.45. The molecule has 0 aliphatic heterocycles. The lowest BCUT2D eigenvalue weighted by Crippen LogP contribution is -2.37. The molecule has 0 saturated heterocycles. The first kappa shape index (κ1) is 14.6. The van der Waals surface area contributed by atoms with Gasteiger partial charge in [-0.15, -0.1) is 0 Å². The number of methoxy groups -OCH3 is 1. The minimum Gasteiger partial charge on any atom is -0.497 e. The molecule has 0 spiro atoms. The molecule has 2 amide bonds. The van der Waals surface area contributed by atoms with Crippen LogP contribution in [0.1, 0.15) is 22.0 Å². The van der Waals surface area contributed by atoms with Crippen molar-refractivity contribution in [1.82, 2.24) is 5.32 Å². The molecule has 0 heterocycles. The summed E-state index contributed by atoms with van der Waals surface area (Å²) in [5.74, 6) is -0.325. The smallest absolute Gasteiger partial charge is 0.252 e. The first-order valence-corrected chi connectivity index (χ1v) is 6.41. The van der Waals surface area contributed by atoms with Gasteiger partial charge in [0.25, 0.3) is 5.91 Å². The van der Waals surface area contributed by atoms with E-state index in [1.54, 1.807) is 55.6 Å². The van der Waals surface area contributed by atoms with Crippen LogP contribution in [0.4, 0.5) is 0 Å². The first-order chi connectivity index (χ1) is 10.1. The van der Waals surface area contributed by atoms with E-state index in [0.29, 0.717) is 16.9 Å². The van der Waals surface area contributed by atoms with E-state index in [1.807, 2.05) is 6.07 Å². The van der Waals surface area contributed by atoms with Crippen molar-refractivity contribution in [2.24, 2.45) is 5.73 Å². The molecule has 2 rings (SSSR count). The predicted molar refractivity (Wildman–Crippen MR) is 78.8 cm³/mol. The molecule has 2 aromatic carbocycles. The maximum Gasteiger partial charge on any atom is 0.252 e. The van der Waals surface area contributed by atoms with Crippen LogP contribution in [0.15, 0.2) is 54.6 Å². The average molecular weight is 284 g/mol. The van der Waals surface area contributed by atoms with Gasteiger partial charge in [0.15, 0.2) is 0 Å². The van der Waals surface area contributed by atoms with Crippen LogP contribution in [0.3, 0.4) is 0 Å². The van der Waals surface area contributed by atoms with E-state index < -0.39 is 11.9 Å². The van der Waals surface area contributed by atoms with Gasteiger partial charge < -0.3 is 15.8 Å². The second-order valence-corrected chi connectivity index (χ2v) is 4.45. The van der Waals surface area contributed by atoms with Crippen LogP contribution in [0.2, 0.25) is 0 Å². The molecule has 0 fully saturated rings.